The van der Waals surface area contributed by atoms with Crippen molar-refractivity contribution in [3.05, 3.63) is 36.2 Å². The summed E-state index contributed by atoms with van der Waals surface area (Å²) in [5, 5.41) is 3.28. The van der Waals surface area contributed by atoms with Crippen LogP contribution in [0.2, 0.25) is 0 Å². The molecule has 0 bridgehead atoms. The number of carbonyl (C=O) groups excluding carboxylic acids is 1. The van der Waals surface area contributed by atoms with Gasteiger partial charge in [0.2, 0.25) is 0 Å². The summed E-state index contributed by atoms with van der Waals surface area (Å²) in [6.45, 7) is 4.51. The van der Waals surface area contributed by atoms with Gasteiger partial charge in [-0.2, -0.15) is 0 Å². The molecule has 1 amide bonds. The molecular weight excluding hydrogens is 240 g/mol. The van der Waals surface area contributed by atoms with Crippen LogP contribution in [-0.4, -0.2) is 46.5 Å². The van der Waals surface area contributed by atoms with Gasteiger partial charge in [0.15, 0.2) is 0 Å². The molecule has 98 valence electrons. The Labute approximate surface area is 111 Å². The predicted octanol–water partition coefficient (Wildman–Crippen LogP) is 1.06. The normalized spacial score (nSPS) is 19.6. The molecule has 5 nitrogen and oxygen atoms in total. The number of rotatable bonds is 1. The second-order valence-electron chi connectivity index (χ2n) is 4.81. The van der Waals surface area contributed by atoms with E-state index in [2.05, 4.69) is 22.2 Å². The molecule has 5 heteroatoms. The lowest BCUT2D eigenvalue weighted by Gasteiger charge is -2.34. The molecule has 19 heavy (non-hydrogen) atoms. The highest BCUT2D eigenvalue weighted by molar-refractivity contribution is 5.97. The van der Waals surface area contributed by atoms with Gasteiger partial charge in [0, 0.05) is 43.6 Å². The number of fused-ring (bicyclic) bond motifs is 1. The zero-order chi connectivity index (χ0) is 13.2. The van der Waals surface area contributed by atoms with Gasteiger partial charge in [-0.1, -0.05) is 0 Å². The number of aromatic nitrogens is 2. The van der Waals surface area contributed by atoms with Crippen LogP contribution in [0.25, 0.3) is 11.0 Å². The molecule has 1 N–H and O–H groups in total. The van der Waals surface area contributed by atoms with Gasteiger partial charge in [0.05, 0.1) is 11.0 Å². The predicted molar refractivity (Wildman–Crippen MR) is 72.9 cm³/mol. The molecule has 1 aromatic heterocycles. The lowest BCUT2D eigenvalue weighted by molar-refractivity contribution is 0.0656. The van der Waals surface area contributed by atoms with Gasteiger partial charge in [0.1, 0.15) is 0 Å². The van der Waals surface area contributed by atoms with E-state index in [-0.39, 0.29) is 11.9 Å². The van der Waals surface area contributed by atoms with E-state index in [1.807, 2.05) is 23.1 Å². The Morgan fingerprint density at radius 1 is 1.32 bits per heavy atom. The van der Waals surface area contributed by atoms with E-state index in [4.69, 9.17) is 0 Å². The first-order valence-electron chi connectivity index (χ1n) is 6.48. The SMILES string of the molecule is CC1CNCCN1C(=O)c1ccc2nccnc2c1. The number of hydrogen-bond acceptors (Lipinski definition) is 4. The van der Waals surface area contributed by atoms with Crippen LogP contribution in [0.3, 0.4) is 0 Å². The zero-order valence-electron chi connectivity index (χ0n) is 10.8. The molecule has 1 atom stereocenters. The number of nitrogens with one attached hydrogen (secondary N) is 1. The van der Waals surface area contributed by atoms with Crippen molar-refractivity contribution in [3.63, 3.8) is 0 Å². The molecule has 3 rings (SSSR count). The van der Waals surface area contributed by atoms with Crippen molar-refractivity contribution in [2.75, 3.05) is 19.6 Å². The highest BCUT2D eigenvalue weighted by Gasteiger charge is 2.24. The van der Waals surface area contributed by atoms with Crippen molar-refractivity contribution < 1.29 is 4.79 Å². The summed E-state index contributed by atoms with van der Waals surface area (Å²) in [5.41, 5.74) is 2.25. The average molecular weight is 256 g/mol. The van der Waals surface area contributed by atoms with Crippen LogP contribution < -0.4 is 5.32 Å². The fraction of sp³-hybridized carbons (Fsp3) is 0.357. The number of piperazine rings is 1. The average Bonchev–Trinajstić information content (AvgIpc) is 2.46. The third-order valence-electron chi connectivity index (χ3n) is 3.48. The van der Waals surface area contributed by atoms with E-state index in [0.717, 1.165) is 30.7 Å². The lowest BCUT2D eigenvalue weighted by Crippen LogP contribution is -2.52. The van der Waals surface area contributed by atoms with E-state index in [0.29, 0.717) is 5.56 Å². The van der Waals surface area contributed by atoms with Gasteiger partial charge in [-0.25, -0.2) is 0 Å². The summed E-state index contributed by atoms with van der Waals surface area (Å²) in [6, 6.07) is 5.72. The van der Waals surface area contributed by atoms with Gasteiger partial charge >= 0.3 is 0 Å². The smallest absolute Gasteiger partial charge is 0.254 e. The second-order valence-corrected chi connectivity index (χ2v) is 4.81. The third kappa shape index (κ3) is 2.29. The summed E-state index contributed by atoms with van der Waals surface area (Å²) < 4.78 is 0. The Morgan fingerprint density at radius 2 is 2.11 bits per heavy atom. The van der Waals surface area contributed by atoms with Crippen LogP contribution in [0.1, 0.15) is 17.3 Å². The summed E-state index contributed by atoms with van der Waals surface area (Å²) in [7, 11) is 0. The maximum absolute atomic E-state index is 12.5. The first kappa shape index (κ1) is 12.0. The van der Waals surface area contributed by atoms with Gasteiger partial charge in [-0.15, -0.1) is 0 Å². The maximum atomic E-state index is 12.5. The van der Waals surface area contributed by atoms with E-state index >= 15 is 0 Å². The van der Waals surface area contributed by atoms with E-state index in [1.54, 1.807) is 12.4 Å². The lowest BCUT2D eigenvalue weighted by atomic mass is 10.1. The fourth-order valence-electron chi connectivity index (χ4n) is 2.40. The van der Waals surface area contributed by atoms with Crippen LogP contribution in [0.5, 0.6) is 0 Å². The van der Waals surface area contributed by atoms with E-state index in [1.165, 1.54) is 0 Å². The van der Waals surface area contributed by atoms with Crippen molar-refractivity contribution in [1.29, 1.82) is 0 Å². The highest BCUT2D eigenvalue weighted by atomic mass is 16.2. The molecule has 0 aliphatic carbocycles. The Hall–Kier alpha value is -2.01. The molecule has 1 aromatic carbocycles. The monoisotopic (exact) mass is 256 g/mol. The van der Waals surface area contributed by atoms with Crippen molar-refractivity contribution >= 4 is 16.9 Å². The first-order valence-corrected chi connectivity index (χ1v) is 6.48. The Bertz CT molecular complexity index is 613. The molecule has 0 spiro atoms. The standard InChI is InChI=1S/C14H16N4O/c1-10-9-15-6-7-18(10)14(19)11-2-3-12-13(8-11)17-5-4-16-12/h2-5,8,10,15H,6-7,9H2,1H3. The molecular formula is C14H16N4O. The van der Waals surface area contributed by atoms with Crippen LogP contribution in [0.4, 0.5) is 0 Å². The van der Waals surface area contributed by atoms with Crippen LogP contribution in [0.15, 0.2) is 30.6 Å². The minimum absolute atomic E-state index is 0.0709. The van der Waals surface area contributed by atoms with Crippen molar-refractivity contribution in [2.45, 2.75) is 13.0 Å². The summed E-state index contributed by atoms with van der Waals surface area (Å²) >= 11 is 0. The number of amides is 1. The molecule has 1 fully saturated rings. The van der Waals surface area contributed by atoms with Crippen molar-refractivity contribution in [1.82, 2.24) is 20.2 Å². The molecule has 0 radical (unpaired) electrons. The van der Waals surface area contributed by atoms with Gasteiger partial charge in [0.25, 0.3) is 5.91 Å². The number of nitrogens with zero attached hydrogens (tertiary/aromatic N) is 3. The van der Waals surface area contributed by atoms with Gasteiger partial charge in [-0.3, -0.25) is 14.8 Å². The minimum Gasteiger partial charge on any atom is -0.333 e. The Kier molecular flexibility index (Phi) is 3.13. The second kappa shape index (κ2) is 4.93. The van der Waals surface area contributed by atoms with Crippen molar-refractivity contribution in [2.24, 2.45) is 0 Å². The van der Waals surface area contributed by atoms with Gasteiger partial charge < -0.3 is 10.2 Å². The van der Waals surface area contributed by atoms with Crippen LogP contribution >= 0.6 is 0 Å². The third-order valence-corrected chi connectivity index (χ3v) is 3.48. The molecule has 1 aliphatic heterocycles. The number of hydrogen-bond donors (Lipinski definition) is 1. The molecule has 2 heterocycles. The summed E-state index contributed by atoms with van der Waals surface area (Å²) in [5.74, 6) is 0.0709. The summed E-state index contributed by atoms with van der Waals surface area (Å²) in [6.07, 6.45) is 3.30. The van der Waals surface area contributed by atoms with Crippen LogP contribution in [-0.2, 0) is 0 Å². The Morgan fingerprint density at radius 3 is 2.89 bits per heavy atom. The molecule has 1 unspecified atom stereocenters. The van der Waals surface area contributed by atoms with E-state index in [9.17, 15) is 4.79 Å². The van der Waals surface area contributed by atoms with Crippen LogP contribution in [0, 0.1) is 0 Å². The van der Waals surface area contributed by atoms with E-state index < -0.39 is 0 Å². The maximum Gasteiger partial charge on any atom is 0.254 e. The molecule has 1 saturated heterocycles. The molecule has 1 aliphatic rings. The highest BCUT2D eigenvalue weighted by Crippen LogP contribution is 2.15. The van der Waals surface area contributed by atoms with Crippen molar-refractivity contribution in [3.8, 4) is 0 Å². The molecule has 0 saturated carbocycles. The topological polar surface area (TPSA) is 58.1 Å². The summed E-state index contributed by atoms with van der Waals surface area (Å²) in [4.78, 5) is 22.9. The van der Waals surface area contributed by atoms with Gasteiger partial charge in [-0.05, 0) is 25.1 Å². The Balaban J connectivity index is 1.92. The quantitative estimate of drug-likeness (QED) is 0.829. The largest absolute Gasteiger partial charge is 0.333 e. The zero-order valence-corrected chi connectivity index (χ0v) is 10.8. The minimum atomic E-state index is 0.0709. The first-order chi connectivity index (χ1) is 9.25. The number of benzene rings is 1. The fourth-order valence-corrected chi connectivity index (χ4v) is 2.40. The number of carbonyl (C=O) groups is 1. The molecule has 2 aromatic rings.